The van der Waals surface area contributed by atoms with Gasteiger partial charge < -0.3 is 9.47 Å². The number of nitrogens with one attached hydrogen (secondary N) is 1. The van der Waals surface area contributed by atoms with Gasteiger partial charge in [-0.15, -0.1) is 0 Å². The Morgan fingerprint density at radius 3 is 2.71 bits per heavy atom. The van der Waals surface area contributed by atoms with E-state index in [2.05, 4.69) is 10.3 Å². The maximum atomic E-state index is 13.3. The zero-order valence-corrected chi connectivity index (χ0v) is 13.6. The van der Waals surface area contributed by atoms with Gasteiger partial charge in [0.1, 0.15) is 19.0 Å². The number of hydrogen-bond acceptors (Lipinski definition) is 5. The fourth-order valence-corrected chi connectivity index (χ4v) is 3.34. The maximum absolute atomic E-state index is 13.3. The minimum atomic E-state index is -0.336. The third-order valence-corrected chi connectivity index (χ3v) is 4.63. The first-order valence-electron chi connectivity index (χ1n) is 7.38. The second-order valence-electron chi connectivity index (χ2n) is 5.40. The van der Waals surface area contributed by atoms with E-state index in [4.69, 9.17) is 9.47 Å². The Bertz CT molecular complexity index is 911. The Kier molecular flexibility index (Phi) is 3.57. The minimum absolute atomic E-state index is 0.325. The molecule has 1 aromatic heterocycles. The molecule has 1 aliphatic heterocycles. The summed E-state index contributed by atoms with van der Waals surface area (Å²) in [5.74, 6) is 0.682. The standard InChI is InChI=1S/C17H13FN2O3S/c1-9-6-10(2-3-11(9)18)16(21)20-17-19-12-7-13-14(8-15(12)24-17)23-5-4-22-13/h2-3,6-8H,4-5H2,1H3,(H,19,20,21). The average molecular weight is 344 g/mol. The summed E-state index contributed by atoms with van der Waals surface area (Å²) in [5, 5.41) is 3.22. The summed E-state index contributed by atoms with van der Waals surface area (Å²) in [6.45, 7) is 2.65. The van der Waals surface area contributed by atoms with Crippen molar-refractivity contribution in [2.75, 3.05) is 18.5 Å². The fraction of sp³-hybridized carbons (Fsp3) is 0.176. The zero-order valence-electron chi connectivity index (χ0n) is 12.8. The van der Waals surface area contributed by atoms with Crippen molar-refractivity contribution in [1.29, 1.82) is 0 Å². The van der Waals surface area contributed by atoms with Gasteiger partial charge in [-0.1, -0.05) is 11.3 Å². The number of anilines is 1. The van der Waals surface area contributed by atoms with Gasteiger partial charge in [0.25, 0.3) is 5.91 Å². The number of hydrogen-bond donors (Lipinski definition) is 1. The number of carbonyl (C=O) groups excluding carboxylic acids is 1. The van der Waals surface area contributed by atoms with E-state index >= 15 is 0 Å². The minimum Gasteiger partial charge on any atom is -0.486 e. The SMILES string of the molecule is Cc1cc(C(=O)Nc2nc3cc4c(cc3s2)OCCO4)ccc1F. The molecule has 0 unspecified atom stereocenters. The molecule has 0 radical (unpaired) electrons. The van der Waals surface area contributed by atoms with E-state index in [1.54, 1.807) is 13.0 Å². The average Bonchev–Trinajstić information content (AvgIpc) is 2.96. The van der Waals surface area contributed by atoms with Crippen molar-refractivity contribution in [1.82, 2.24) is 4.98 Å². The molecule has 3 aromatic rings. The Morgan fingerprint density at radius 2 is 1.96 bits per heavy atom. The van der Waals surface area contributed by atoms with E-state index in [1.807, 2.05) is 6.07 Å². The van der Waals surface area contributed by atoms with Crippen LogP contribution < -0.4 is 14.8 Å². The van der Waals surface area contributed by atoms with Crippen LogP contribution in [0.3, 0.4) is 0 Å². The lowest BCUT2D eigenvalue weighted by Crippen LogP contribution is -2.15. The molecule has 122 valence electrons. The fourth-order valence-electron chi connectivity index (χ4n) is 2.47. The molecular weight excluding hydrogens is 331 g/mol. The lowest BCUT2D eigenvalue weighted by molar-refractivity contribution is 0.102. The second kappa shape index (κ2) is 5.76. The molecule has 0 saturated carbocycles. The molecule has 0 aliphatic carbocycles. The summed E-state index contributed by atoms with van der Waals surface area (Å²) in [7, 11) is 0. The van der Waals surface area contributed by atoms with Crippen molar-refractivity contribution in [2.24, 2.45) is 0 Å². The summed E-state index contributed by atoms with van der Waals surface area (Å²) >= 11 is 1.35. The number of aromatic nitrogens is 1. The highest BCUT2D eigenvalue weighted by Crippen LogP contribution is 2.37. The molecule has 0 fully saturated rings. The number of ether oxygens (including phenoxy) is 2. The molecule has 1 amide bonds. The summed E-state index contributed by atoms with van der Waals surface area (Å²) in [6, 6.07) is 7.91. The molecule has 0 spiro atoms. The Labute approximate surface area is 141 Å². The van der Waals surface area contributed by atoms with Crippen LogP contribution in [-0.4, -0.2) is 24.1 Å². The number of amides is 1. The normalized spacial score (nSPS) is 13.1. The van der Waals surface area contributed by atoms with Crippen molar-refractivity contribution >= 4 is 32.6 Å². The van der Waals surface area contributed by atoms with Gasteiger partial charge in [-0.25, -0.2) is 9.37 Å². The molecule has 24 heavy (non-hydrogen) atoms. The number of aryl methyl sites for hydroxylation is 1. The van der Waals surface area contributed by atoms with Crippen molar-refractivity contribution in [3.8, 4) is 11.5 Å². The van der Waals surface area contributed by atoms with Gasteiger partial charge >= 0.3 is 0 Å². The number of carbonyl (C=O) groups is 1. The first-order chi connectivity index (χ1) is 11.6. The van der Waals surface area contributed by atoms with Crippen LogP contribution in [0.4, 0.5) is 9.52 Å². The van der Waals surface area contributed by atoms with E-state index in [9.17, 15) is 9.18 Å². The van der Waals surface area contributed by atoms with Gasteiger partial charge in [-0.05, 0) is 30.7 Å². The number of rotatable bonds is 2. The predicted molar refractivity (Wildman–Crippen MR) is 89.7 cm³/mol. The summed E-state index contributed by atoms with van der Waals surface area (Å²) in [4.78, 5) is 16.7. The second-order valence-corrected chi connectivity index (χ2v) is 6.43. The van der Waals surface area contributed by atoms with Gasteiger partial charge in [-0.2, -0.15) is 0 Å². The van der Waals surface area contributed by atoms with Gasteiger partial charge in [-0.3, -0.25) is 10.1 Å². The van der Waals surface area contributed by atoms with Crippen molar-refractivity contribution in [3.05, 3.63) is 47.3 Å². The quantitative estimate of drug-likeness (QED) is 0.769. The van der Waals surface area contributed by atoms with Crippen LogP contribution in [0.15, 0.2) is 30.3 Å². The smallest absolute Gasteiger partial charge is 0.257 e. The molecule has 0 atom stereocenters. The van der Waals surface area contributed by atoms with Crippen LogP contribution in [-0.2, 0) is 0 Å². The maximum Gasteiger partial charge on any atom is 0.257 e. The summed E-state index contributed by atoms with van der Waals surface area (Å²) in [5.41, 5.74) is 1.54. The van der Waals surface area contributed by atoms with E-state index in [0.717, 1.165) is 10.2 Å². The number of nitrogens with zero attached hydrogens (tertiary/aromatic N) is 1. The Hall–Kier alpha value is -2.67. The Balaban J connectivity index is 1.62. The van der Waals surface area contributed by atoms with Crippen LogP contribution in [0.25, 0.3) is 10.2 Å². The highest BCUT2D eigenvalue weighted by atomic mass is 32.1. The topological polar surface area (TPSA) is 60.5 Å². The van der Waals surface area contributed by atoms with Gasteiger partial charge in [0, 0.05) is 17.7 Å². The molecule has 0 saturated heterocycles. The zero-order chi connectivity index (χ0) is 16.7. The molecule has 1 N–H and O–H groups in total. The van der Waals surface area contributed by atoms with Crippen LogP contribution in [0.5, 0.6) is 11.5 Å². The van der Waals surface area contributed by atoms with Gasteiger partial charge in [0.05, 0.1) is 10.2 Å². The molecule has 7 heteroatoms. The van der Waals surface area contributed by atoms with Crippen LogP contribution in [0.2, 0.25) is 0 Å². The monoisotopic (exact) mass is 344 g/mol. The molecule has 0 bridgehead atoms. The number of thiazole rings is 1. The van der Waals surface area contributed by atoms with Crippen molar-refractivity contribution < 1.29 is 18.7 Å². The molecular formula is C17H13FN2O3S. The van der Waals surface area contributed by atoms with Gasteiger partial charge in [0.2, 0.25) is 0 Å². The van der Waals surface area contributed by atoms with Crippen LogP contribution in [0.1, 0.15) is 15.9 Å². The third kappa shape index (κ3) is 2.67. The first-order valence-corrected chi connectivity index (χ1v) is 8.19. The van der Waals surface area contributed by atoms with Gasteiger partial charge in [0.15, 0.2) is 16.6 Å². The summed E-state index contributed by atoms with van der Waals surface area (Å²) in [6.07, 6.45) is 0. The lowest BCUT2D eigenvalue weighted by atomic mass is 10.1. The molecule has 2 aromatic carbocycles. The highest BCUT2D eigenvalue weighted by Gasteiger charge is 2.16. The van der Waals surface area contributed by atoms with Crippen LogP contribution in [0, 0.1) is 12.7 Å². The van der Waals surface area contributed by atoms with E-state index in [-0.39, 0.29) is 11.7 Å². The molecule has 1 aliphatic rings. The van der Waals surface area contributed by atoms with Crippen LogP contribution >= 0.6 is 11.3 Å². The predicted octanol–water partition coefficient (Wildman–Crippen LogP) is 3.77. The van der Waals surface area contributed by atoms with Crippen molar-refractivity contribution in [2.45, 2.75) is 6.92 Å². The third-order valence-electron chi connectivity index (χ3n) is 3.69. The largest absolute Gasteiger partial charge is 0.486 e. The highest BCUT2D eigenvalue weighted by molar-refractivity contribution is 7.22. The number of benzene rings is 2. The number of halogens is 1. The first kappa shape index (κ1) is 14.9. The molecule has 2 heterocycles. The van der Waals surface area contributed by atoms with Crippen molar-refractivity contribution in [3.63, 3.8) is 0 Å². The molecule has 5 nitrogen and oxygen atoms in total. The van der Waals surface area contributed by atoms with E-state index in [1.165, 1.54) is 29.5 Å². The number of fused-ring (bicyclic) bond motifs is 2. The molecule has 4 rings (SSSR count). The summed E-state index contributed by atoms with van der Waals surface area (Å²) < 4.78 is 25.3. The Morgan fingerprint density at radius 1 is 1.21 bits per heavy atom. The van der Waals surface area contributed by atoms with E-state index in [0.29, 0.717) is 41.0 Å². The van der Waals surface area contributed by atoms with E-state index < -0.39 is 0 Å². The lowest BCUT2D eigenvalue weighted by Gasteiger charge is -2.17.